The van der Waals surface area contributed by atoms with Crippen LogP contribution >= 0.6 is 0 Å². The number of hydrogen-bond acceptors (Lipinski definition) is 5. The molecule has 0 aliphatic heterocycles. The molecule has 2 atom stereocenters. The van der Waals surface area contributed by atoms with Crippen molar-refractivity contribution in [3.8, 4) is 0 Å². The summed E-state index contributed by atoms with van der Waals surface area (Å²) >= 11 is 0. The maximum absolute atomic E-state index is 12.5. The van der Waals surface area contributed by atoms with Gasteiger partial charge in [-0.25, -0.2) is 9.59 Å². The Hall–Kier alpha value is -2.57. The molecular formula is C17H24N2O5. The van der Waals surface area contributed by atoms with E-state index in [4.69, 9.17) is 4.74 Å². The molecule has 2 amide bonds. The number of carbonyl (C=O) groups excluding carboxylic acids is 3. The van der Waals surface area contributed by atoms with E-state index in [9.17, 15) is 14.4 Å². The Balaban J connectivity index is 2.92. The third-order valence-electron chi connectivity index (χ3n) is 2.97. The number of alkyl carbamates (subject to hydrolysis) is 1. The Kier molecular flexibility index (Phi) is 6.76. The van der Waals surface area contributed by atoms with Crippen molar-refractivity contribution in [2.75, 3.05) is 7.11 Å². The van der Waals surface area contributed by atoms with Gasteiger partial charge < -0.3 is 20.1 Å². The Morgan fingerprint density at radius 3 is 2.12 bits per heavy atom. The van der Waals surface area contributed by atoms with E-state index in [1.165, 1.54) is 14.0 Å². The lowest BCUT2D eigenvalue weighted by Gasteiger charge is -2.24. The second-order valence-corrected chi connectivity index (χ2v) is 6.24. The lowest BCUT2D eigenvalue weighted by Crippen LogP contribution is -2.47. The van der Waals surface area contributed by atoms with Crippen LogP contribution in [0.1, 0.15) is 39.3 Å². The van der Waals surface area contributed by atoms with Crippen LogP contribution in [0.3, 0.4) is 0 Å². The molecule has 1 rings (SSSR count). The third-order valence-corrected chi connectivity index (χ3v) is 2.97. The molecule has 0 unspecified atom stereocenters. The summed E-state index contributed by atoms with van der Waals surface area (Å²) in [5, 5.41) is 5.04. The van der Waals surface area contributed by atoms with Crippen LogP contribution in [0.25, 0.3) is 0 Å². The number of amides is 2. The van der Waals surface area contributed by atoms with E-state index in [0.29, 0.717) is 5.56 Å². The number of esters is 1. The molecule has 0 aliphatic carbocycles. The van der Waals surface area contributed by atoms with Crippen LogP contribution in [-0.2, 0) is 19.1 Å². The number of hydrogen-bond donors (Lipinski definition) is 2. The van der Waals surface area contributed by atoms with Crippen LogP contribution in [-0.4, -0.2) is 36.7 Å². The molecule has 7 heteroatoms. The standard InChI is InChI=1S/C17H24N2O5/c1-11(15(21)23-5)18-14(20)13(12-9-7-6-8-10-12)19-16(22)24-17(2,3)4/h6-11,13H,1-5H3,(H,18,20)(H,19,22)/t11-,13+/m0/s1. The Bertz CT molecular complexity index is 580. The van der Waals surface area contributed by atoms with E-state index in [2.05, 4.69) is 15.4 Å². The second kappa shape index (κ2) is 8.33. The normalized spacial score (nSPS) is 13.4. The van der Waals surface area contributed by atoms with Crippen molar-refractivity contribution in [3.05, 3.63) is 35.9 Å². The van der Waals surface area contributed by atoms with Gasteiger partial charge in [0.25, 0.3) is 0 Å². The van der Waals surface area contributed by atoms with Gasteiger partial charge in [-0.3, -0.25) is 4.79 Å². The van der Waals surface area contributed by atoms with Crippen LogP contribution in [0.5, 0.6) is 0 Å². The number of nitrogens with one attached hydrogen (secondary N) is 2. The molecule has 0 heterocycles. The van der Waals surface area contributed by atoms with E-state index >= 15 is 0 Å². The molecule has 132 valence electrons. The van der Waals surface area contributed by atoms with Gasteiger partial charge in [-0.1, -0.05) is 30.3 Å². The lowest BCUT2D eigenvalue weighted by atomic mass is 10.1. The number of carbonyl (C=O) groups is 3. The minimum atomic E-state index is -0.992. The highest BCUT2D eigenvalue weighted by atomic mass is 16.6. The van der Waals surface area contributed by atoms with E-state index in [1.807, 2.05) is 0 Å². The molecule has 0 aliphatic rings. The summed E-state index contributed by atoms with van der Waals surface area (Å²) in [5.41, 5.74) is -0.126. The third kappa shape index (κ3) is 6.28. The average Bonchev–Trinajstić information content (AvgIpc) is 2.50. The smallest absolute Gasteiger partial charge is 0.408 e. The number of ether oxygens (including phenoxy) is 2. The van der Waals surface area contributed by atoms with Gasteiger partial charge in [-0.15, -0.1) is 0 Å². The Morgan fingerprint density at radius 2 is 1.62 bits per heavy atom. The molecule has 7 nitrogen and oxygen atoms in total. The van der Waals surface area contributed by atoms with Crippen LogP contribution < -0.4 is 10.6 Å². The zero-order valence-electron chi connectivity index (χ0n) is 14.6. The summed E-state index contributed by atoms with van der Waals surface area (Å²) in [6.45, 7) is 6.68. The summed E-state index contributed by atoms with van der Waals surface area (Å²) in [6.07, 6.45) is -0.725. The van der Waals surface area contributed by atoms with Gasteiger partial charge in [0.15, 0.2) is 0 Å². The van der Waals surface area contributed by atoms with Crippen molar-refractivity contribution in [3.63, 3.8) is 0 Å². The van der Waals surface area contributed by atoms with Crippen LogP contribution in [0, 0.1) is 0 Å². The topological polar surface area (TPSA) is 93.7 Å². The summed E-state index contributed by atoms with van der Waals surface area (Å²) in [7, 11) is 1.23. The fraction of sp³-hybridized carbons (Fsp3) is 0.471. The van der Waals surface area contributed by atoms with Crippen molar-refractivity contribution in [2.45, 2.75) is 45.4 Å². The maximum atomic E-state index is 12.5. The molecule has 1 aromatic rings. The molecule has 0 spiro atoms. The predicted octanol–water partition coefficient (Wildman–Crippen LogP) is 1.93. The van der Waals surface area contributed by atoms with Gasteiger partial charge in [0.2, 0.25) is 5.91 Å². The zero-order chi connectivity index (χ0) is 18.3. The SMILES string of the molecule is COC(=O)[C@H](C)NC(=O)[C@H](NC(=O)OC(C)(C)C)c1ccccc1. The molecule has 0 bridgehead atoms. The van der Waals surface area contributed by atoms with Crippen LogP contribution in [0.4, 0.5) is 4.79 Å². The van der Waals surface area contributed by atoms with E-state index in [-0.39, 0.29) is 0 Å². The lowest BCUT2D eigenvalue weighted by molar-refractivity contribution is -0.144. The van der Waals surface area contributed by atoms with Gasteiger partial charge in [-0.05, 0) is 33.3 Å². The molecule has 2 N–H and O–H groups in total. The molecule has 0 saturated carbocycles. The highest BCUT2D eigenvalue weighted by Crippen LogP contribution is 2.15. The maximum Gasteiger partial charge on any atom is 0.408 e. The highest BCUT2D eigenvalue weighted by Gasteiger charge is 2.28. The van der Waals surface area contributed by atoms with E-state index < -0.39 is 35.7 Å². The fourth-order valence-corrected chi connectivity index (χ4v) is 1.90. The largest absolute Gasteiger partial charge is 0.467 e. The molecule has 0 aromatic heterocycles. The number of methoxy groups -OCH3 is 1. The first-order chi connectivity index (χ1) is 11.1. The van der Waals surface area contributed by atoms with Crippen molar-refractivity contribution < 1.29 is 23.9 Å². The van der Waals surface area contributed by atoms with Crippen molar-refractivity contribution in [2.24, 2.45) is 0 Å². The fourth-order valence-electron chi connectivity index (χ4n) is 1.90. The second-order valence-electron chi connectivity index (χ2n) is 6.24. The first-order valence-electron chi connectivity index (χ1n) is 7.56. The number of rotatable bonds is 5. The zero-order valence-corrected chi connectivity index (χ0v) is 14.6. The summed E-state index contributed by atoms with van der Waals surface area (Å²) in [4.78, 5) is 36.0. The van der Waals surface area contributed by atoms with Gasteiger partial charge >= 0.3 is 12.1 Å². The Morgan fingerprint density at radius 1 is 1.04 bits per heavy atom. The first-order valence-corrected chi connectivity index (χ1v) is 7.56. The molecule has 0 radical (unpaired) electrons. The van der Waals surface area contributed by atoms with Crippen LogP contribution in [0.15, 0.2) is 30.3 Å². The molecule has 0 fully saturated rings. The van der Waals surface area contributed by atoms with Crippen molar-refractivity contribution >= 4 is 18.0 Å². The monoisotopic (exact) mass is 336 g/mol. The van der Waals surface area contributed by atoms with E-state index in [1.54, 1.807) is 51.1 Å². The molecule has 0 saturated heterocycles. The summed E-state index contributed by atoms with van der Waals surface area (Å²) in [6, 6.07) is 6.85. The van der Waals surface area contributed by atoms with Gasteiger partial charge in [0.1, 0.15) is 17.7 Å². The predicted molar refractivity (Wildman–Crippen MR) is 88.2 cm³/mol. The Labute approximate surface area is 141 Å². The molecule has 24 heavy (non-hydrogen) atoms. The van der Waals surface area contributed by atoms with E-state index in [0.717, 1.165) is 0 Å². The molecular weight excluding hydrogens is 312 g/mol. The first kappa shape index (κ1) is 19.5. The molecule has 1 aromatic carbocycles. The minimum Gasteiger partial charge on any atom is -0.467 e. The minimum absolute atomic E-state index is 0.537. The quantitative estimate of drug-likeness (QED) is 0.801. The van der Waals surface area contributed by atoms with Crippen molar-refractivity contribution in [1.82, 2.24) is 10.6 Å². The van der Waals surface area contributed by atoms with Gasteiger partial charge in [0.05, 0.1) is 7.11 Å². The van der Waals surface area contributed by atoms with Crippen LogP contribution in [0.2, 0.25) is 0 Å². The average molecular weight is 336 g/mol. The highest BCUT2D eigenvalue weighted by molar-refractivity contribution is 5.90. The summed E-state index contributed by atoms with van der Waals surface area (Å²) < 4.78 is 9.77. The van der Waals surface area contributed by atoms with Crippen molar-refractivity contribution in [1.29, 1.82) is 0 Å². The number of benzene rings is 1. The van der Waals surface area contributed by atoms with Gasteiger partial charge in [-0.2, -0.15) is 0 Å². The summed E-state index contributed by atoms with van der Waals surface area (Å²) in [5.74, 6) is -1.11. The van der Waals surface area contributed by atoms with Gasteiger partial charge in [0, 0.05) is 0 Å².